The monoisotopic (exact) mass is 300 g/mol. The summed E-state index contributed by atoms with van der Waals surface area (Å²) in [6.45, 7) is 0. The molecule has 0 bridgehead atoms. The molecule has 0 heterocycles. The number of hydrogen-bond donors (Lipinski definition) is 0. The van der Waals surface area contributed by atoms with E-state index in [4.69, 9.17) is 4.74 Å². The Kier molecular flexibility index (Phi) is 4.24. The average Bonchev–Trinajstić information content (AvgIpc) is 2.27. The fourth-order valence-electron chi connectivity index (χ4n) is 0.894. The Hall–Kier alpha value is -1.97. The second kappa shape index (κ2) is 5.34. The van der Waals surface area contributed by atoms with Crippen molar-refractivity contribution in [1.82, 2.24) is 0 Å². The van der Waals surface area contributed by atoms with Gasteiger partial charge in [-0.2, -0.15) is 21.6 Å². The minimum Gasteiger partial charge on any atom is -0.497 e. The molecule has 0 N–H and O–H groups in total. The van der Waals surface area contributed by atoms with E-state index >= 15 is 0 Å². The summed E-state index contributed by atoms with van der Waals surface area (Å²) in [5, 5.41) is 0. The third-order valence-corrected chi connectivity index (χ3v) is 2.64. The third-order valence-electron chi connectivity index (χ3n) is 1.72. The van der Waals surface area contributed by atoms with E-state index in [1.54, 1.807) is 0 Å². The Morgan fingerprint density at radius 1 is 1.11 bits per heavy atom. The van der Waals surface area contributed by atoms with Gasteiger partial charge in [0, 0.05) is 0 Å². The van der Waals surface area contributed by atoms with Gasteiger partial charge in [0.25, 0.3) is 0 Å². The molecule has 6 nitrogen and oxygen atoms in total. The first kappa shape index (κ1) is 15.1. The third kappa shape index (κ3) is 4.02. The standard InChI is InChI=1S/C9H7F3O6S/c1-16-6-2-4-7(5-3-6)17-8(13)18-19(14,15)9(10,11)12/h2-5H,1H3. The van der Waals surface area contributed by atoms with Crippen LogP contribution in [-0.4, -0.2) is 27.2 Å². The molecule has 10 heteroatoms. The molecule has 0 radical (unpaired) electrons. The maximum Gasteiger partial charge on any atom is 0.534 e. The lowest BCUT2D eigenvalue weighted by atomic mass is 10.3. The molecule has 0 aliphatic heterocycles. The Balaban J connectivity index is 2.70. The second-order valence-electron chi connectivity index (χ2n) is 3.01. The van der Waals surface area contributed by atoms with Crippen molar-refractivity contribution in [3.63, 3.8) is 0 Å². The molecule has 1 aromatic rings. The lowest BCUT2D eigenvalue weighted by Gasteiger charge is -2.08. The van der Waals surface area contributed by atoms with Crippen LogP contribution < -0.4 is 9.47 Å². The van der Waals surface area contributed by atoms with E-state index in [1.807, 2.05) is 0 Å². The SMILES string of the molecule is COc1ccc(OC(=O)OS(=O)(=O)C(F)(F)F)cc1. The lowest BCUT2D eigenvalue weighted by molar-refractivity contribution is -0.0526. The molecule has 0 fully saturated rings. The van der Waals surface area contributed by atoms with Crippen LogP contribution in [0.3, 0.4) is 0 Å². The zero-order chi connectivity index (χ0) is 14.7. The number of benzene rings is 1. The maximum absolute atomic E-state index is 11.9. The van der Waals surface area contributed by atoms with Crippen LogP contribution in [0.25, 0.3) is 0 Å². The van der Waals surface area contributed by atoms with Crippen molar-refractivity contribution in [2.75, 3.05) is 7.11 Å². The molecule has 0 aromatic heterocycles. The predicted molar refractivity (Wildman–Crippen MR) is 55.1 cm³/mol. The molecule has 0 spiro atoms. The summed E-state index contributed by atoms with van der Waals surface area (Å²) in [6, 6.07) is 5.06. The van der Waals surface area contributed by atoms with Gasteiger partial charge in [-0.3, -0.25) is 0 Å². The largest absolute Gasteiger partial charge is 0.534 e. The first-order chi connectivity index (χ1) is 8.65. The van der Waals surface area contributed by atoms with Crippen LogP contribution in [0.4, 0.5) is 18.0 Å². The number of rotatable bonds is 3. The van der Waals surface area contributed by atoms with Crippen molar-refractivity contribution < 1.29 is 40.0 Å². The van der Waals surface area contributed by atoms with E-state index in [9.17, 15) is 26.4 Å². The highest BCUT2D eigenvalue weighted by Gasteiger charge is 2.50. The van der Waals surface area contributed by atoms with E-state index in [1.165, 1.54) is 31.4 Å². The lowest BCUT2D eigenvalue weighted by Crippen LogP contribution is -2.29. The molecule has 1 aromatic carbocycles. The summed E-state index contributed by atoms with van der Waals surface area (Å²) in [6.07, 6.45) is -2.01. The summed E-state index contributed by atoms with van der Waals surface area (Å²) >= 11 is 0. The molecule has 19 heavy (non-hydrogen) atoms. The number of methoxy groups -OCH3 is 1. The fourth-order valence-corrected chi connectivity index (χ4v) is 1.20. The van der Waals surface area contributed by atoms with Gasteiger partial charge in [0.1, 0.15) is 11.5 Å². The number of alkyl halides is 3. The van der Waals surface area contributed by atoms with E-state index in [0.717, 1.165) is 0 Å². The molecule has 0 saturated carbocycles. The quantitative estimate of drug-likeness (QED) is 0.368. The zero-order valence-electron chi connectivity index (χ0n) is 9.30. The van der Waals surface area contributed by atoms with Crippen molar-refractivity contribution in [1.29, 1.82) is 0 Å². The summed E-state index contributed by atoms with van der Waals surface area (Å²) in [4.78, 5) is 10.9. The molecule has 0 atom stereocenters. The van der Waals surface area contributed by atoms with E-state index in [2.05, 4.69) is 8.92 Å². The Morgan fingerprint density at radius 3 is 2.00 bits per heavy atom. The average molecular weight is 300 g/mol. The normalized spacial score (nSPS) is 11.8. The molecule has 106 valence electrons. The molecule has 0 amide bonds. The van der Waals surface area contributed by atoms with Crippen molar-refractivity contribution in [3.8, 4) is 11.5 Å². The minimum atomic E-state index is -6.03. The van der Waals surface area contributed by atoms with Gasteiger partial charge in [-0.1, -0.05) is 0 Å². The molecule has 0 aliphatic carbocycles. The van der Waals surface area contributed by atoms with Crippen molar-refractivity contribution in [2.45, 2.75) is 5.51 Å². The number of carbonyl (C=O) groups excluding carboxylic acids is 1. The highest BCUT2D eigenvalue weighted by Crippen LogP contribution is 2.25. The summed E-state index contributed by atoms with van der Waals surface area (Å²) in [5.41, 5.74) is -5.70. The molecule has 0 saturated heterocycles. The first-order valence-electron chi connectivity index (χ1n) is 4.52. The van der Waals surface area contributed by atoms with Crippen LogP contribution >= 0.6 is 0 Å². The topological polar surface area (TPSA) is 78.9 Å². The van der Waals surface area contributed by atoms with Gasteiger partial charge in [0.15, 0.2) is 0 Å². The van der Waals surface area contributed by atoms with Gasteiger partial charge in [0.05, 0.1) is 7.11 Å². The van der Waals surface area contributed by atoms with Gasteiger partial charge in [-0.25, -0.2) is 4.79 Å². The number of ether oxygens (including phenoxy) is 2. The van der Waals surface area contributed by atoms with Crippen LogP contribution in [0.15, 0.2) is 24.3 Å². The minimum absolute atomic E-state index is 0.205. The van der Waals surface area contributed by atoms with Crippen molar-refractivity contribution >= 4 is 16.3 Å². The number of carbonyl (C=O) groups is 1. The summed E-state index contributed by atoms with van der Waals surface area (Å²) in [5.74, 6) is 0.201. The zero-order valence-corrected chi connectivity index (χ0v) is 10.1. The smallest absolute Gasteiger partial charge is 0.497 e. The maximum atomic E-state index is 11.9. The van der Waals surface area contributed by atoms with Crippen LogP contribution in [-0.2, 0) is 14.3 Å². The van der Waals surface area contributed by atoms with Gasteiger partial charge in [-0.05, 0) is 24.3 Å². The van der Waals surface area contributed by atoms with Gasteiger partial charge in [0.2, 0.25) is 0 Å². The van der Waals surface area contributed by atoms with E-state index in [0.29, 0.717) is 5.75 Å². The van der Waals surface area contributed by atoms with Gasteiger partial charge in [-0.15, -0.1) is 0 Å². The van der Waals surface area contributed by atoms with E-state index in [-0.39, 0.29) is 5.75 Å². The number of hydrogen-bond acceptors (Lipinski definition) is 6. The molecule has 0 unspecified atom stereocenters. The fraction of sp³-hybridized carbons (Fsp3) is 0.222. The van der Waals surface area contributed by atoms with E-state index < -0.39 is 21.8 Å². The van der Waals surface area contributed by atoms with Crippen LogP contribution in [0.2, 0.25) is 0 Å². The Morgan fingerprint density at radius 2 is 1.58 bits per heavy atom. The van der Waals surface area contributed by atoms with Crippen LogP contribution in [0.5, 0.6) is 11.5 Å². The molecular weight excluding hydrogens is 293 g/mol. The first-order valence-corrected chi connectivity index (χ1v) is 5.93. The predicted octanol–water partition coefficient (Wildman–Crippen LogP) is 2.06. The number of halogens is 3. The van der Waals surface area contributed by atoms with Gasteiger partial charge < -0.3 is 13.7 Å². The van der Waals surface area contributed by atoms with Crippen molar-refractivity contribution in [2.24, 2.45) is 0 Å². The highest BCUT2D eigenvalue weighted by molar-refractivity contribution is 7.88. The Bertz CT molecular complexity index is 548. The molecular formula is C9H7F3O6S. The van der Waals surface area contributed by atoms with Gasteiger partial charge >= 0.3 is 21.8 Å². The second-order valence-corrected chi connectivity index (χ2v) is 4.55. The highest BCUT2D eigenvalue weighted by atomic mass is 32.2. The van der Waals surface area contributed by atoms with Crippen molar-refractivity contribution in [3.05, 3.63) is 24.3 Å². The van der Waals surface area contributed by atoms with Crippen LogP contribution in [0, 0.1) is 0 Å². The molecule has 1 rings (SSSR count). The summed E-state index contributed by atoms with van der Waals surface area (Å²) in [7, 11) is -4.65. The van der Waals surface area contributed by atoms with Crippen LogP contribution in [0.1, 0.15) is 0 Å². The summed E-state index contributed by atoms with van der Waals surface area (Å²) < 4.78 is 68.9. The Labute approximate surface area is 105 Å². The molecule has 0 aliphatic rings.